The van der Waals surface area contributed by atoms with Crippen molar-refractivity contribution < 1.29 is 0 Å². The first-order valence-corrected chi connectivity index (χ1v) is 6.04. The summed E-state index contributed by atoms with van der Waals surface area (Å²) < 4.78 is 1.85. The van der Waals surface area contributed by atoms with Gasteiger partial charge in [-0.2, -0.15) is 0 Å². The molecular weight excluding hydrogens is 212 g/mol. The zero-order valence-corrected chi connectivity index (χ0v) is 10.1. The predicted octanol–water partition coefficient (Wildman–Crippen LogP) is 1.72. The minimum atomic E-state index is 0.693. The molecule has 1 aromatic carbocycles. The highest BCUT2D eigenvalue weighted by Crippen LogP contribution is 2.14. The Labute approximate surface area is 101 Å². The van der Waals surface area contributed by atoms with Gasteiger partial charge in [-0.3, -0.25) is 0 Å². The minimum absolute atomic E-state index is 0.693. The maximum Gasteiger partial charge on any atom is 0.0832 e. The van der Waals surface area contributed by atoms with Gasteiger partial charge in [0.15, 0.2) is 0 Å². The van der Waals surface area contributed by atoms with Crippen LogP contribution in [0.15, 0.2) is 30.5 Å². The second kappa shape index (κ2) is 5.59. The van der Waals surface area contributed by atoms with E-state index in [1.807, 2.05) is 16.9 Å². The molecule has 2 N–H and O–H groups in total. The van der Waals surface area contributed by atoms with Crippen molar-refractivity contribution in [2.24, 2.45) is 5.73 Å². The molecule has 90 valence electrons. The highest BCUT2D eigenvalue weighted by molar-refractivity contribution is 5.40. The Balaban J connectivity index is 2.24. The first kappa shape index (κ1) is 11.8. The van der Waals surface area contributed by atoms with Crippen molar-refractivity contribution in [3.63, 3.8) is 0 Å². The average Bonchev–Trinajstić information content (AvgIpc) is 2.85. The summed E-state index contributed by atoms with van der Waals surface area (Å²) in [6, 6.07) is 8.26. The fourth-order valence-electron chi connectivity index (χ4n) is 1.85. The van der Waals surface area contributed by atoms with E-state index in [2.05, 4.69) is 35.4 Å². The van der Waals surface area contributed by atoms with Crippen LogP contribution < -0.4 is 5.73 Å². The summed E-state index contributed by atoms with van der Waals surface area (Å²) in [5.41, 5.74) is 8.88. The summed E-state index contributed by atoms with van der Waals surface area (Å²) in [7, 11) is 0. The van der Waals surface area contributed by atoms with Gasteiger partial charge in [-0.15, -0.1) is 5.10 Å². The van der Waals surface area contributed by atoms with Crippen molar-refractivity contribution in [1.82, 2.24) is 15.0 Å². The number of hydrogen-bond donors (Lipinski definition) is 1. The summed E-state index contributed by atoms with van der Waals surface area (Å²) in [6.45, 7) is 2.84. The van der Waals surface area contributed by atoms with Crippen LogP contribution in [0.25, 0.3) is 5.69 Å². The summed E-state index contributed by atoms with van der Waals surface area (Å²) in [6.07, 6.45) is 4.83. The van der Waals surface area contributed by atoms with Gasteiger partial charge in [-0.1, -0.05) is 30.3 Å². The van der Waals surface area contributed by atoms with Crippen molar-refractivity contribution >= 4 is 0 Å². The Morgan fingerprint density at radius 3 is 2.88 bits per heavy atom. The predicted molar refractivity (Wildman–Crippen MR) is 68.1 cm³/mol. The van der Waals surface area contributed by atoms with Crippen molar-refractivity contribution in [3.05, 3.63) is 41.7 Å². The number of nitrogens with zero attached hydrogens (tertiary/aromatic N) is 3. The zero-order chi connectivity index (χ0) is 12.1. The third kappa shape index (κ3) is 2.71. The van der Waals surface area contributed by atoms with Crippen LogP contribution in [0.3, 0.4) is 0 Å². The number of para-hydroxylation sites is 1. The van der Waals surface area contributed by atoms with Gasteiger partial charge in [0, 0.05) is 0 Å². The Kier molecular flexibility index (Phi) is 3.88. The van der Waals surface area contributed by atoms with Crippen LogP contribution in [-0.4, -0.2) is 21.5 Å². The third-order valence-corrected chi connectivity index (χ3v) is 2.80. The van der Waals surface area contributed by atoms with Crippen LogP contribution in [0.5, 0.6) is 0 Å². The standard InChI is InChI=1S/C13H18N4/c1-2-11-6-3-4-8-13(11)17-10-12(15-16-17)7-5-9-14/h3-4,6,8,10H,2,5,7,9,14H2,1H3. The van der Waals surface area contributed by atoms with E-state index in [0.29, 0.717) is 6.54 Å². The van der Waals surface area contributed by atoms with E-state index in [1.54, 1.807) is 0 Å². The average molecular weight is 230 g/mol. The summed E-state index contributed by atoms with van der Waals surface area (Å²) in [4.78, 5) is 0. The number of aryl methyl sites for hydroxylation is 2. The Bertz CT molecular complexity index is 476. The number of aromatic nitrogens is 3. The normalized spacial score (nSPS) is 10.7. The first-order chi connectivity index (χ1) is 8.35. The topological polar surface area (TPSA) is 56.7 Å². The number of benzene rings is 1. The molecule has 0 radical (unpaired) electrons. The lowest BCUT2D eigenvalue weighted by atomic mass is 10.1. The fraction of sp³-hybridized carbons (Fsp3) is 0.385. The molecule has 4 heteroatoms. The van der Waals surface area contributed by atoms with E-state index < -0.39 is 0 Å². The molecule has 0 atom stereocenters. The van der Waals surface area contributed by atoms with Gasteiger partial charge >= 0.3 is 0 Å². The van der Waals surface area contributed by atoms with Crippen LogP contribution in [-0.2, 0) is 12.8 Å². The van der Waals surface area contributed by atoms with E-state index in [1.165, 1.54) is 5.56 Å². The monoisotopic (exact) mass is 230 g/mol. The van der Waals surface area contributed by atoms with Gasteiger partial charge < -0.3 is 5.73 Å². The highest BCUT2D eigenvalue weighted by atomic mass is 15.4. The van der Waals surface area contributed by atoms with Gasteiger partial charge in [0.25, 0.3) is 0 Å². The largest absolute Gasteiger partial charge is 0.330 e. The molecule has 17 heavy (non-hydrogen) atoms. The van der Waals surface area contributed by atoms with Crippen molar-refractivity contribution in [2.75, 3.05) is 6.54 Å². The lowest BCUT2D eigenvalue weighted by Crippen LogP contribution is -2.00. The molecular formula is C13H18N4. The van der Waals surface area contributed by atoms with Gasteiger partial charge in [0.05, 0.1) is 17.6 Å². The van der Waals surface area contributed by atoms with E-state index in [4.69, 9.17) is 5.73 Å². The molecule has 4 nitrogen and oxygen atoms in total. The minimum Gasteiger partial charge on any atom is -0.330 e. The molecule has 0 aliphatic heterocycles. The molecule has 0 spiro atoms. The van der Waals surface area contributed by atoms with Crippen molar-refractivity contribution in [2.45, 2.75) is 26.2 Å². The molecule has 1 heterocycles. The maximum absolute atomic E-state index is 5.48. The van der Waals surface area contributed by atoms with Gasteiger partial charge in [0.1, 0.15) is 0 Å². The molecule has 2 aromatic rings. The highest BCUT2D eigenvalue weighted by Gasteiger charge is 2.05. The number of hydrogen-bond acceptors (Lipinski definition) is 3. The molecule has 1 aromatic heterocycles. The van der Waals surface area contributed by atoms with Gasteiger partial charge in [-0.25, -0.2) is 4.68 Å². The summed E-state index contributed by atoms with van der Waals surface area (Å²) >= 11 is 0. The van der Waals surface area contributed by atoms with E-state index in [0.717, 1.165) is 30.6 Å². The molecule has 0 saturated heterocycles. The van der Waals surface area contributed by atoms with Crippen LogP contribution >= 0.6 is 0 Å². The van der Waals surface area contributed by atoms with Crippen molar-refractivity contribution in [3.8, 4) is 5.69 Å². The molecule has 0 amide bonds. The molecule has 0 unspecified atom stereocenters. The van der Waals surface area contributed by atoms with Crippen LogP contribution in [0.2, 0.25) is 0 Å². The zero-order valence-electron chi connectivity index (χ0n) is 10.1. The Morgan fingerprint density at radius 2 is 2.12 bits per heavy atom. The third-order valence-electron chi connectivity index (χ3n) is 2.80. The second-order valence-electron chi connectivity index (χ2n) is 4.03. The van der Waals surface area contributed by atoms with Crippen LogP contribution in [0, 0.1) is 0 Å². The quantitative estimate of drug-likeness (QED) is 0.851. The van der Waals surface area contributed by atoms with Crippen LogP contribution in [0.1, 0.15) is 24.6 Å². The summed E-state index contributed by atoms with van der Waals surface area (Å²) in [5.74, 6) is 0. The molecule has 0 aliphatic carbocycles. The van der Waals surface area contributed by atoms with Crippen LogP contribution in [0.4, 0.5) is 0 Å². The van der Waals surface area contributed by atoms with Gasteiger partial charge in [0.2, 0.25) is 0 Å². The molecule has 0 saturated carbocycles. The Morgan fingerprint density at radius 1 is 1.29 bits per heavy atom. The fourth-order valence-corrected chi connectivity index (χ4v) is 1.85. The van der Waals surface area contributed by atoms with Crippen molar-refractivity contribution in [1.29, 1.82) is 0 Å². The number of rotatable bonds is 5. The SMILES string of the molecule is CCc1ccccc1-n1cc(CCCN)nn1. The second-order valence-corrected chi connectivity index (χ2v) is 4.03. The van der Waals surface area contributed by atoms with Gasteiger partial charge in [-0.05, 0) is 37.4 Å². The molecule has 0 aliphatic rings. The van der Waals surface area contributed by atoms with E-state index in [9.17, 15) is 0 Å². The van der Waals surface area contributed by atoms with E-state index in [-0.39, 0.29) is 0 Å². The Hall–Kier alpha value is -1.68. The molecule has 2 rings (SSSR count). The smallest absolute Gasteiger partial charge is 0.0832 e. The first-order valence-electron chi connectivity index (χ1n) is 6.04. The van der Waals surface area contributed by atoms with E-state index >= 15 is 0 Å². The number of nitrogens with two attached hydrogens (primary N) is 1. The lowest BCUT2D eigenvalue weighted by molar-refractivity contribution is 0.774. The molecule has 0 fully saturated rings. The maximum atomic E-state index is 5.48. The molecule has 0 bridgehead atoms. The summed E-state index contributed by atoms with van der Waals surface area (Å²) in [5, 5.41) is 8.34. The lowest BCUT2D eigenvalue weighted by Gasteiger charge is -2.05.